The normalized spacial score (nSPS) is 21.8. The van der Waals surface area contributed by atoms with Crippen LogP contribution in [0, 0.1) is 11.8 Å². The fraction of sp³-hybridized carbons (Fsp3) is 0.562. The highest BCUT2D eigenvalue weighted by molar-refractivity contribution is 5.79. The Labute approximate surface area is 109 Å². The van der Waals surface area contributed by atoms with Gasteiger partial charge in [-0.1, -0.05) is 43.2 Å². The van der Waals surface area contributed by atoms with Crippen molar-refractivity contribution in [2.75, 3.05) is 0 Å². The van der Waals surface area contributed by atoms with Crippen LogP contribution < -0.4 is 5.32 Å². The third-order valence-electron chi connectivity index (χ3n) is 4.28. The van der Waals surface area contributed by atoms with Crippen LogP contribution in [0.3, 0.4) is 0 Å². The molecule has 0 heterocycles. The van der Waals surface area contributed by atoms with Crippen molar-refractivity contribution in [1.29, 1.82) is 0 Å². The lowest BCUT2D eigenvalue weighted by Crippen LogP contribution is -2.34. The summed E-state index contributed by atoms with van der Waals surface area (Å²) in [6.07, 6.45) is 7.11. The molecule has 0 aliphatic heterocycles. The fourth-order valence-corrected chi connectivity index (χ4v) is 3.02. The van der Waals surface area contributed by atoms with Gasteiger partial charge in [0.15, 0.2) is 0 Å². The molecular weight excluding hydrogens is 222 g/mol. The summed E-state index contributed by atoms with van der Waals surface area (Å²) in [5, 5.41) is 3.30. The summed E-state index contributed by atoms with van der Waals surface area (Å²) in [7, 11) is 0. The van der Waals surface area contributed by atoms with E-state index in [0.29, 0.717) is 5.92 Å². The molecule has 1 unspecified atom stereocenters. The zero-order valence-electron chi connectivity index (χ0n) is 10.8. The molecule has 0 saturated heterocycles. The molecule has 1 aromatic rings. The molecule has 2 saturated carbocycles. The van der Waals surface area contributed by atoms with Crippen molar-refractivity contribution in [3.05, 3.63) is 35.9 Å². The second-order valence-electron chi connectivity index (χ2n) is 5.72. The molecule has 96 valence electrons. The molecule has 2 aliphatic rings. The van der Waals surface area contributed by atoms with E-state index in [9.17, 15) is 4.79 Å². The average Bonchev–Trinajstić information content (AvgIpc) is 3.10. The number of carbonyl (C=O) groups is 1. The van der Waals surface area contributed by atoms with Crippen LogP contribution in [0.5, 0.6) is 0 Å². The third-order valence-corrected chi connectivity index (χ3v) is 4.28. The molecule has 1 N–H and O–H groups in total. The van der Waals surface area contributed by atoms with Gasteiger partial charge in [-0.05, 0) is 37.2 Å². The molecule has 1 amide bonds. The van der Waals surface area contributed by atoms with Crippen LogP contribution in [-0.4, -0.2) is 5.91 Å². The Bertz CT molecular complexity index is 404. The van der Waals surface area contributed by atoms with Gasteiger partial charge < -0.3 is 5.32 Å². The maximum absolute atomic E-state index is 12.3. The van der Waals surface area contributed by atoms with Crippen LogP contribution in [0.25, 0.3) is 0 Å². The Morgan fingerprint density at radius 2 is 1.72 bits per heavy atom. The predicted molar refractivity (Wildman–Crippen MR) is 72.0 cm³/mol. The van der Waals surface area contributed by atoms with Gasteiger partial charge in [-0.25, -0.2) is 0 Å². The molecule has 18 heavy (non-hydrogen) atoms. The van der Waals surface area contributed by atoms with Crippen molar-refractivity contribution in [3.8, 4) is 0 Å². The van der Waals surface area contributed by atoms with Gasteiger partial charge in [0.2, 0.25) is 5.91 Å². The Hall–Kier alpha value is -1.31. The van der Waals surface area contributed by atoms with E-state index in [-0.39, 0.29) is 17.9 Å². The fourth-order valence-electron chi connectivity index (χ4n) is 3.02. The third kappa shape index (κ3) is 2.58. The van der Waals surface area contributed by atoms with Crippen LogP contribution in [0.4, 0.5) is 0 Å². The number of amides is 1. The minimum absolute atomic E-state index is 0.249. The summed E-state index contributed by atoms with van der Waals surface area (Å²) >= 11 is 0. The number of benzene rings is 1. The van der Waals surface area contributed by atoms with Gasteiger partial charge >= 0.3 is 0 Å². The molecule has 0 aromatic heterocycles. The topological polar surface area (TPSA) is 29.1 Å². The second kappa shape index (κ2) is 5.13. The number of rotatable bonds is 4. The molecule has 0 spiro atoms. The van der Waals surface area contributed by atoms with E-state index in [1.54, 1.807) is 0 Å². The van der Waals surface area contributed by atoms with Crippen molar-refractivity contribution in [2.24, 2.45) is 11.8 Å². The summed E-state index contributed by atoms with van der Waals surface area (Å²) in [4.78, 5) is 12.3. The molecule has 2 nitrogen and oxygen atoms in total. The first kappa shape index (κ1) is 11.8. The van der Waals surface area contributed by atoms with Crippen LogP contribution in [0.2, 0.25) is 0 Å². The SMILES string of the molecule is O=C(NC(c1ccccc1)C1CC1)C1CCCC1. The quantitative estimate of drug-likeness (QED) is 0.862. The Morgan fingerprint density at radius 1 is 1.06 bits per heavy atom. The summed E-state index contributed by atoms with van der Waals surface area (Å²) in [6.45, 7) is 0. The minimum atomic E-state index is 0.249. The van der Waals surface area contributed by atoms with E-state index < -0.39 is 0 Å². The number of hydrogen-bond acceptors (Lipinski definition) is 1. The van der Waals surface area contributed by atoms with Crippen LogP contribution in [0.1, 0.15) is 50.1 Å². The van der Waals surface area contributed by atoms with Crippen LogP contribution in [-0.2, 0) is 4.79 Å². The molecule has 2 fully saturated rings. The van der Waals surface area contributed by atoms with E-state index >= 15 is 0 Å². The zero-order chi connectivity index (χ0) is 12.4. The number of hydrogen-bond donors (Lipinski definition) is 1. The molecule has 2 heteroatoms. The first-order valence-electron chi connectivity index (χ1n) is 7.20. The molecule has 1 atom stereocenters. The van der Waals surface area contributed by atoms with Gasteiger partial charge in [-0.2, -0.15) is 0 Å². The summed E-state index contributed by atoms with van der Waals surface area (Å²) < 4.78 is 0. The second-order valence-corrected chi connectivity index (χ2v) is 5.72. The van der Waals surface area contributed by atoms with Crippen molar-refractivity contribution in [3.63, 3.8) is 0 Å². The lowest BCUT2D eigenvalue weighted by atomic mass is 10.0. The number of nitrogens with one attached hydrogen (secondary N) is 1. The molecule has 2 aliphatic carbocycles. The van der Waals surface area contributed by atoms with Gasteiger partial charge in [0.25, 0.3) is 0 Å². The highest BCUT2D eigenvalue weighted by Gasteiger charge is 2.35. The van der Waals surface area contributed by atoms with Crippen molar-refractivity contribution in [1.82, 2.24) is 5.32 Å². The highest BCUT2D eigenvalue weighted by atomic mass is 16.1. The van der Waals surface area contributed by atoms with Gasteiger partial charge in [-0.3, -0.25) is 4.79 Å². The first-order valence-corrected chi connectivity index (χ1v) is 7.20. The highest BCUT2D eigenvalue weighted by Crippen LogP contribution is 2.41. The monoisotopic (exact) mass is 243 g/mol. The maximum Gasteiger partial charge on any atom is 0.223 e. The van der Waals surface area contributed by atoms with Crippen LogP contribution in [0.15, 0.2) is 30.3 Å². The maximum atomic E-state index is 12.3. The van der Waals surface area contributed by atoms with Gasteiger partial charge in [0, 0.05) is 5.92 Å². The van der Waals surface area contributed by atoms with Crippen LogP contribution >= 0.6 is 0 Å². The molecule has 3 rings (SSSR count). The first-order chi connectivity index (χ1) is 8.84. The lowest BCUT2D eigenvalue weighted by molar-refractivity contribution is -0.125. The standard InChI is InChI=1S/C16H21NO/c18-16(14-8-4-5-9-14)17-15(13-10-11-13)12-6-2-1-3-7-12/h1-3,6-7,13-15H,4-5,8-11H2,(H,17,18). The summed E-state index contributed by atoms with van der Waals surface area (Å²) in [5.74, 6) is 1.22. The van der Waals surface area contributed by atoms with Gasteiger partial charge in [0.05, 0.1) is 6.04 Å². The van der Waals surface area contributed by atoms with Crippen molar-refractivity contribution < 1.29 is 4.79 Å². The molecule has 1 aromatic carbocycles. The van der Waals surface area contributed by atoms with Crippen molar-refractivity contribution >= 4 is 5.91 Å². The van der Waals surface area contributed by atoms with E-state index in [4.69, 9.17) is 0 Å². The Morgan fingerprint density at radius 3 is 2.33 bits per heavy atom. The average molecular weight is 243 g/mol. The van der Waals surface area contributed by atoms with E-state index in [1.165, 1.54) is 31.2 Å². The lowest BCUT2D eigenvalue weighted by Gasteiger charge is -2.21. The Balaban J connectivity index is 1.69. The zero-order valence-corrected chi connectivity index (χ0v) is 10.8. The minimum Gasteiger partial charge on any atom is -0.349 e. The number of carbonyl (C=O) groups excluding carboxylic acids is 1. The molecule has 0 bridgehead atoms. The molecule has 0 radical (unpaired) electrons. The predicted octanol–water partition coefficient (Wildman–Crippen LogP) is 3.44. The summed E-state index contributed by atoms with van der Waals surface area (Å²) in [6, 6.07) is 10.7. The van der Waals surface area contributed by atoms with Gasteiger partial charge in [-0.15, -0.1) is 0 Å². The summed E-state index contributed by atoms with van der Waals surface area (Å²) in [5.41, 5.74) is 1.27. The van der Waals surface area contributed by atoms with E-state index in [0.717, 1.165) is 12.8 Å². The molecular formula is C16H21NO. The smallest absolute Gasteiger partial charge is 0.223 e. The van der Waals surface area contributed by atoms with E-state index in [1.807, 2.05) is 6.07 Å². The van der Waals surface area contributed by atoms with E-state index in [2.05, 4.69) is 29.6 Å². The Kier molecular flexibility index (Phi) is 3.35. The largest absolute Gasteiger partial charge is 0.349 e. The van der Waals surface area contributed by atoms with Gasteiger partial charge in [0.1, 0.15) is 0 Å². The van der Waals surface area contributed by atoms with Crippen molar-refractivity contribution in [2.45, 2.75) is 44.6 Å².